The van der Waals surface area contributed by atoms with E-state index in [2.05, 4.69) is 0 Å². The Kier molecular flexibility index (Phi) is 1.56. The van der Waals surface area contributed by atoms with Crippen molar-refractivity contribution in [1.82, 2.24) is 0 Å². The van der Waals surface area contributed by atoms with Gasteiger partial charge in [0.25, 0.3) is 0 Å². The second-order valence-electron chi connectivity index (χ2n) is 6.46. The number of rotatable bonds is 1. The molecule has 3 heteroatoms. The van der Waals surface area contributed by atoms with E-state index in [0.29, 0.717) is 6.42 Å². The highest BCUT2D eigenvalue weighted by atomic mass is 16.6. The van der Waals surface area contributed by atoms with Crippen LogP contribution in [-0.2, 0) is 14.3 Å². The molecule has 5 aliphatic rings. The van der Waals surface area contributed by atoms with Crippen LogP contribution in [-0.4, -0.2) is 24.8 Å². The van der Waals surface area contributed by atoms with E-state index in [0.717, 1.165) is 24.7 Å². The first-order valence-corrected chi connectivity index (χ1v) is 6.40. The number of carbonyl (C=O) groups excluding carboxylic acids is 1. The average Bonchev–Trinajstić information content (AvgIpc) is 2.54. The Morgan fingerprint density at radius 3 is 2.56 bits per heavy atom. The highest BCUT2D eigenvalue weighted by molar-refractivity contribution is 5.73. The largest absolute Gasteiger partial charge is 0.459 e. The fraction of sp³-hybridized carbons (Fsp3) is 0.923. The van der Waals surface area contributed by atoms with E-state index in [4.69, 9.17) is 9.47 Å². The van der Waals surface area contributed by atoms with Gasteiger partial charge in [0.15, 0.2) is 0 Å². The van der Waals surface area contributed by atoms with E-state index in [1.807, 2.05) is 0 Å². The normalized spacial score (nSPS) is 57.6. The molecule has 0 amide bonds. The summed E-state index contributed by atoms with van der Waals surface area (Å²) in [7, 11) is 1.80. The molecule has 0 aromatic rings. The second-order valence-corrected chi connectivity index (χ2v) is 6.46. The minimum Gasteiger partial charge on any atom is -0.459 e. The molecule has 0 radical (unpaired) electrons. The van der Waals surface area contributed by atoms with Crippen molar-refractivity contribution < 1.29 is 14.3 Å². The summed E-state index contributed by atoms with van der Waals surface area (Å²) in [6.45, 7) is 0. The Hall–Kier alpha value is -0.570. The molecule has 3 nitrogen and oxygen atoms in total. The summed E-state index contributed by atoms with van der Waals surface area (Å²) in [5.74, 6) is 1.56. The molecule has 2 unspecified atom stereocenters. The molecule has 5 fully saturated rings. The van der Waals surface area contributed by atoms with Crippen LogP contribution in [0.15, 0.2) is 0 Å². The third-order valence-electron chi connectivity index (χ3n) is 5.51. The van der Waals surface area contributed by atoms with Gasteiger partial charge in [-0.1, -0.05) is 0 Å². The number of methoxy groups -OCH3 is 1. The molecular weight excluding hydrogens is 204 g/mol. The van der Waals surface area contributed by atoms with Crippen LogP contribution in [0.25, 0.3) is 0 Å². The topological polar surface area (TPSA) is 35.5 Å². The van der Waals surface area contributed by atoms with Gasteiger partial charge in [-0.15, -0.1) is 0 Å². The zero-order valence-electron chi connectivity index (χ0n) is 9.70. The number of hydrogen-bond acceptors (Lipinski definition) is 3. The summed E-state index contributed by atoms with van der Waals surface area (Å²) in [5.41, 5.74) is 0.0213. The van der Waals surface area contributed by atoms with E-state index in [1.54, 1.807) is 7.11 Å². The summed E-state index contributed by atoms with van der Waals surface area (Å²) in [6, 6.07) is 0. The first-order chi connectivity index (χ1) is 7.66. The van der Waals surface area contributed by atoms with Crippen molar-refractivity contribution in [3.05, 3.63) is 0 Å². The predicted octanol–water partition coefficient (Wildman–Crippen LogP) is 1.90. The Bertz CT molecular complexity index is 348. The molecular formula is C13H18O3. The van der Waals surface area contributed by atoms with E-state index in [-0.39, 0.29) is 23.1 Å². The lowest BCUT2D eigenvalue weighted by Crippen LogP contribution is -2.64. The summed E-state index contributed by atoms with van der Waals surface area (Å²) < 4.78 is 11.5. The Labute approximate surface area is 95.5 Å². The minimum atomic E-state index is -0.129. The summed E-state index contributed by atoms with van der Waals surface area (Å²) in [6.07, 6.45) is 6.68. The Balaban J connectivity index is 1.83. The second kappa shape index (κ2) is 2.63. The minimum absolute atomic E-state index is 0.00891. The third-order valence-corrected chi connectivity index (χ3v) is 5.51. The smallest absolute Gasteiger partial charge is 0.306 e. The van der Waals surface area contributed by atoms with Gasteiger partial charge in [0, 0.05) is 12.5 Å². The van der Waals surface area contributed by atoms with Crippen LogP contribution in [0.5, 0.6) is 0 Å². The quantitative estimate of drug-likeness (QED) is 0.636. The van der Waals surface area contributed by atoms with Crippen molar-refractivity contribution in [1.29, 1.82) is 0 Å². The first-order valence-electron chi connectivity index (χ1n) is 6.40. The first kappa shape index (κ1) is 9.46. The Morgan fingerprint density at radius 2 is 1.94 bits per heavy atom. The zero-order valence-corrected chi connectivity index (χ0v) is 9.70. The maximum Gasteiger partial charge on any atom is 0.306 e. The maximum absolute atomic E-state index is 11.6. The maximum atomic E-state index is 11.6. The zero-order chi connectivity index (χ0) is 11.0. The van der Waals surface area contributed by atoms with Crippen molar-refractivity contribution in [2.75, 3.05) is 7.11 Å². The third kappa shape index (κ3) is 0.922. The molecule has 4 saturated carbocycles. The molecule has 16 heavy (non-hydrogen) atoms. The van der Waals surface area contributed by atoms with Gasteiger partial charge in [-0.05, 0) is 43.9 Å². The molecule has 3 atom stereocenters. The highest BCUT2D eigenvalue weighted by Gasteiger charge is 2.69. The molecule has 1 saturated heterocycles. The highest BCUT2D eigenvalue weighted by Crippen LogP contribution is 2.66. The van der Waals surface area contributed by atoms with Crippen LogP contribution < -0.4 is 0 Å². The van der Waals surface area contributed by atoms with E-state index >= 15 is 0 Å². The van der Waals surface area contributed by atoms with Crippen molar-refractivity contribution >= 4 is 5.97 Å². The van der Waals surface area contributed by atoms with Crippen LogP contribution in [0, 0.1) is 17.3 Å². The molecule has 1 heterocycles. The van der Waals surface area contributed by atoms with Crippen molar-refractivity contribution in [2.45, 2.75) is 50.2 Å². The molecule has 0 aromatic carbocycles. The molecule has 4 bridgehead atoms. The molecule has 88 valence electrons. The van der Waals surface area contributed by atoms with Crippen LogP contribution in [0.3, 0.4) is 0 Å². The summed E-state index contributed by atoms with van der Waals surface area (Å²) >= 11 is 0. The standard InChI is InChI=1S/C13H18O3/c1-15-13-5-8-2-9(6-13)4-12(3-8)7-10(14)16-11(12)13/h8-9,11H,2-7H2,1H3/t8?,9?,11-,12?,13?/m0/s1. The lowest BCUT2D eigenvalue weighted by atomic mass is 9.46. The number of hydrogen-bond donors (Lipinski definition) is 0. The van der Waals surface area contributed by atoms with Gasteiger partial charge in [-0.3, -0.25) is 4.79 Å². The van der Waals surface area contributed by atoms with Gasteiger partial charge in [-0.2, -0.15) is 0 Å². The van der Waals surface area contributed by atoms with E-state index in [1.165, 1.54) is 19.3 Å². The van der Waals surface area contributed by atoms with Crippen LogP contribution in [0.2, 0.25) is 0 Å². The SMILES string of the molecule is COC12CC3CC(CC4(CC(=O)O[C@@H]41)C3)C2. The van der Waals surface area contributed by atoms with Crippen molar-refractivity contribution in [3.8, 4) is 0 Å². The molecule has 0 aromatic heterocycles. The van der Waals surface area contributed by atoms with Gasteiger partial charge in [0.1, 0.15) is 11.7 Å². The summed E-state index contributed by atoms with van der Waals surface area (Å²) in [5, 5.41) is 0. The number of esters is 1. The molecule has 1 spiro atoms. The monoisotopic (exact) mass is 222 g/mol. The predicted molar refractivity (Wildman–Crippen MR) is 56.7 cm³/mol. The number of carbonyl (C=O) groups is 1. The lowest BCUT2D eigenvalue weighted by molar-refractivity contribution is -0.237. The van der Waals surface area contributed by atoms with Crippen LogP contribution in [0.1, 0.15) is 38.5 Å². The average molecular weight is 222 g/mol. The fourth-order valence-corrected chi connectivity index (χ4v) is 5.43. The van der Waals surface area contributed by atoms with Gasteiger partial charge in [-0.25, -0.2) is 0 Å². The van der Waals surface area contributed by atoms with Crippen LogP contribution >= 0.6 is 0 Å². The van der Waals surface area contributed by atoms with Crippen molar-refractivity contribution in [2.24, 2.45) is 17.3 Å². The molecule has 5 rings (SSSR count). The molecule has 0 N–H and O–H groups in total. The Morgan fingerprint density at radius 1 is 1.25 bits per heavy atom. The fourth-order valence-electron chi connectivity index (χ4n) is 5.43. The van der Waals surface area contributed by atoms with Gasteiger partial charge >= 0.3 is 5.97 Å². The van der Waals surface area contributed by atoms with Gasteiger partial charge in [0.05, 0.1) is 6.42 Å². The molecule has 4 aliphatic carbocycles. The van der Waals surface area contributed by atoms with E-state index in [9.17, 15) is 4.79 Å². The number of ether oxygens (including phenoxy) is 2. The summed E-state index contributed by atoms with van der Waals surface area (Å²) in [4.78, 5) is 11.6. The van der Waals surface area contributed by atoms with E-state index < -0.39 is 0 Å². The lowest BCUT2D eigenvalue weighted by Gasteiger charge is -2.62. The van der Waals surface area contributed by atoms with Crippen LogP contribution in [0.4, 0.5) is 0 Å². The van der Waals surface area contributed by atoms with Crippen molar-refractivity contribution in [3.63, 3.8) is 0 Å². The van der Waals surface area contributed by atoms with Gasteiger partial charge in [0.2, 0.25) is 0 Å². The van der Waals surface area contributed by atoms with Gasteiger partial charge < -0.3 is 9.47 Å². The molecule has 1 aliphatic heterocycles.